The summed E-state index contributed by atoms with van der Waals surface area (Å²) < 4.78 is 35.2. The maximum absolute atomic E-state index is 13.2. The van der Waals surface area contributed by atoms with Crippen molar-refractivity contribution in [3.63, 3.8) is 0 Å². The third-order valence-corrected chi connectivity index (χ3v) is 9.20. The van der Waals surface area contributed by atoms with Crippen molar-refractivity contribution < 1.29 is 17.9 Å². The van der Waals surface area contributed by atoms with E-state index in [1.54, 1.807) is 24.8 Å². The Bertz CT molecular complexity index is 1640. The molecule has 1 aliphatic rings. The zero-order valence-electron chi connectivity index (χ0n) is 23.5. The maximum Gasteiger partial charge on any atom is 0.410 e. The van der Waals surface area contributed by atoms with Crippen molar-refractivity contribution in [2.75, 3.05) is 18.8 Å². The van der Waals surface area contributed by atoms with Crippen LogP contribution < -0.4 is 5.73 Å². The van der Waals surface area contributed by atoms with Gasteiger partial charge in [0.05, 0.1) is 34.0 Å². The van der Waals surface area contributed by atoms with Crippen LogP contribution in [0.2, 0.25) is 0 Å². The summed E-state index contributed by atoms with van der Waals surface area (Å²) >= 11 is 0. The van der Waals surface area contributed by atoms with Gasteiger partial charge in [-0.1, -0.05) is 36.4 Å². The Morgan fingerprint density at radius 3 is 2.35 bits per heavy atom. The lowest BCUT2D eigenvalue weighted by atomic mass is 10.0. The van der Waals surface area contributed by atoms with Gasteiger partial charge in [0, 0.05) is 30.3 Å². The lowest BCUT2D eigenvalue weighted by Gasteiger charge is -2.34. The van der Waals surface area contributed by atoms with Crippen LogP contribution in [0.5, 0.6) is 0 Å². The molecule has 0 bridgehead atoms. The zero-order valence-corrected chi connectivity index (χ0v) is 24.4. The number of hydrogen-bond acceptors (Lipinski definition) is 7. The molecule has 1 fully saturated rings. The van der Waals surface area contributed by atoms with Crippen LogP contribution in [-0.2, 0) is 14.8 Å². The van der Waals surface area contributed by atoms with Gasteiger partial charge in [-0.3, -0.25) is 0 Å². The summed E-state index contributed by atoms with van der Waals surface area (Å²) in [6.45, 7) is 9.96. The SMILES string of the molecule is CC(C)S(=O)(=O)n1c(N)nc2ccc(-c3c(-c4ccccc4)ncn3C3CCN(C(=O)OC(C)(C)C)CC3)cc21. The zero-order chi connectivity index (χ0) is 28.8. The molecule has 0 atom stereocenters. The fourth-order valence-electron chi connectivity index (χ4n) is 5.08. The molecule has 1 amide bonds. The summed E-state index contributed by atoms with van der Waals surface area (Å²) in [5, 5.41) is -0.670. The molecule has 3 heterocycles. The van der Waals surface area contributed by atoms with E-state index < -0.39 is 20.9 Å². The smallest absolute Gasteiger partial charge is 0.410 e. The topological polar surface area (TPSA) is 125 Å². The second-order valence-corrected chi connectivity index (χ2v) is 13.8. The Morgan fingerprint density at radius 1 is 1.05 bits per heavy atom. The Morgan fingerprint density at radius 2 is 1.73 bits per heavy atom. The third-order valence-electron chi connectivity index (χ3n) is 7.11. The molecule has 0 aliphatic carbocycles. The normalized spacial score (nSPS) is 15.2. The summed E-state index contributed by atoms with van der Waals surface area (Å²) in [6, 6.07) is 15.5. The standard InChI is InChI=1S/C29H36N6O4S/c1-19(2)40(37,38)35-24-17-21(11-12-23(24)32-27(35)30)26-25(20-9-7-6-8-10-20)31-18-34(26)22-13-15-33(16-14-22)28(36)39-29(3,4)5/h6-12,17-19,22H,13-16H2,1-5H3,(H2,30,32). The summed E-state index contributed by atoms with van der Waals surface area (Å²) in [4.78, 5) is 23.5. The number of nitrogen functional groups attached to an aromatic ring is 1. The van der Waals surface area contributed by atoms with Gasteiger partial charge in [0.2, 0.25) is 16.0 Å². The summed E-state index contributed by atoms with van der Waals surface area (Å²) in [6.07, 6.45) is 2.99. The fourth-order valence-corrected chi connectivity index (χ4v) is 6.23. The number of benzene rings is 2. The van der Waals surface area contributed by atoms with Crippen molar-refractivity contribution in [2.45, 2.75) is 64.4 Å². The number of hydrogen-bond donors (Lipinski definition) is 1. The number of ether oxygens (including phenoxy) is 1. The molecule has 0 saturated carbocycles. The van der Waals surface area contributed by atoms with Crippen molar-refractivity contribution in [3.05, 3.63) is 54.9 Å². The lowest BCUT2D eigenvalue weighted by Crippen LogP contribution is -2.42. The highest BCUT2D eigenvalue weighted by molar-refractivity contribution is 7.90. The minimum Gasteiger partial charge on any atom is -0.444 e. The summed E-state index contributed by atoms with van der Waals surface area (Å²) in [7, 11) is -3.74. The largest absolute Gasteiger partial charge is 0.444 e. The molecule has 0 spiro atoms. The fraction of sp³-hybridized carbons (Fsp3) is 0.414. The first-order valence-corrected chi connectivity index (χ1v) is 15.0. The second-order valence-electron chi connectivity index (χ2n) is 11.4. The first kappa shape index (κ1) is 27.7. The molecule has 10 nitrogen and oxygen atoms in total. The van der Waals surface area contributed by atoms with Gasteiger partial charge in [-0.25, -0.2) is 27.2 Å². The molecule has 212 valence electrons. The van der Waals surface area contributed by atoms with Crippen LogP contribution in [0.3, 0.4) is 0 Å². The predicted molar refractivity (Wildman–Crippen MR) is 156 cm³/mol. The molecular weight excluding hydrogens is 528 g/mol. The van der Waals surface area contributed by atoms with E-state index in [2.05, 4.69) is 9.55 Å². The number of nitrogens with zero attached hydrogens (tertiary/aromatic N) is 5. The number of rotatable bonds is 5. The molecule has 2 aromatic heterocycles. The number of imidazole rings is 2. The van der Waals surface area contributed by atoms with Gasteiger partial charge < -0.3 is 19.9 Å². The van der Waals surface area contributed by atoms with E-state index in [0.717, 1.165) is 39.3 Å². The van der Waals surface area contributed by atoms with Gasteiger partial charge in [-0.2, -0.15) is 0 Å². The van der Waals surface area contributed by atoms with Gasteiger partial charge in [0.15, 0.2) is 0 Å². The average Bonchev–Trinajstić information content (AvgIpc) is 3.48. The molecule has 5 rings (SSSR count). The van der Waals surface area contributed by atoms with Gasteiger partial charge in [-0.15, -0.1) is 0 Å². The van der Waals surface area contributed by atoms with Gasteiger partial charge in [0.25, 0.3) is 0 Å². The summed E-state index contributed by atoms with van der Waals surface area (Å²) in [5.41, 5.74) is 9.90. The minimum absolute atomic E-state index is 0.0628. The number of carbonyl (C=O) groups is 1. The number of anilines is 1. The van der Waals surface area contributed by atoms with Gasteiger partial charge in [0.1, 0.15) is 5.60 Å². The minimum atomic E-state index is -3.74. The highest BCUT2D eigenvalue weighted by Crippen LogP contribution is 2.38. The monoisotopic (exact) mass is 564 g/mol. The van der Waals surface area contributed by atoms with Crippen molar-refractivity contribution in [1.82, 2.24) is 23.4 Å². The highest BCUT2D eigenvalue weighted by Gasteiger charge is 2.30. The van der Waals surface area contributed by atoms with Crippen LogP contribution in [0.15, 0.2) is 54.9 Å². The molecule has 2 aromatic carbocycles. The first-order chi connectivity index (χ1) is 18.9. The van der Waals surface area contributed by atoms with E-state index >= 15 is 0 Å². The highest BCUT2D eigenvalue weighted by atomic mass is 32.2. The van der Waals surface area contributed by atoms with Crippen LogP contribution in [0.4, 0.5) is 10.7 Å². The van der Waals surface area contributed by atoms with E-state index in [1.165, 1.54) is 0 Å². The summed E-state index contributed by atoms with van der Waals surface area (Å²) in [5.74, 6) is -0.0628. The Balaban J connectivity index is 1.58. The first-order valence-electron chi connectivity index (χ1n) is 13.5. The van der Waals surface area contributed by atoms with Crippen LogP contribution >= 0.6 is 0 Å². The average molecular weight is 565 g/mol. The number of likely N-dealkylation sites (tertiary alicyclic amines) is 1. The second kappa shape index (κ2) is 10.3. The molecule has 11 heteroatoms. The molecular formula is C29H36N6O4S. The number of aromatic nitrogens is 4. The third kappa shape index (κ3) is 5.17. The Labute approximate surface area is 234 Å². The molecule has 40 heavy (non-hydrogen) atoms. The molecule has 0 radical (unpaired) electrons. The molecule has 2 N–H and O–H groups in total. The maximum atomic E-state index is 13.2. The van der Waals surface area contributed by atoms with E-state index in [4.69, 9.17) is 15.5 Å². The van der Waals surface area contributed by atoms with Crippen molar-refractivity contribution >= 4 is 33.1 Å². The predicted octanol–water partition coefficient (Wildman–Crippen LogP) is 5.31. The molecule has 1 aliphatic heterocycles. The number of piperidine rings is 1. The van der Waals surface area contributed by atoms with Crippen molar-refractivity contribution in [3.8, 4) is 22.5 Å². The molecule has 4 aromatic rings. The van der Waals surface area contributed by atoms with Gasteiger partial charge >= 0.3 is 6.09 Å². The van der Waals surface area contributed by atoms with E-state index in [0.29, 0.717) is 24.1 Å². The van der Waals surface area contributed by atoms with Crippen molar-refractivity contribution in [2.24, 2.45) is 0 Å². The van der Waals surface area contributed by atoms with E-state index in [-0.39, 0.29) is 18.1 Å². The Kier molecular flexibility index (Phi) is 7.11. The van der Waals surface area contributed by atoms with Crippen LogP contribution in [-0.4, -0.2) is 61.9 Å². The van der Waals surface area contributed by atoms with E-state index in [9.17, 15) is 13.2 Å². The van der Waals surface area contributed by atoms with Crippen LogP contribution in [0.25, 0.3) is 33.5 Å². The number of fused-ring (bicyclic) bond motifs is 1. The number of nitrogens with two attached hydrogens (primary N) is 1. The number of amides is 1. The van der Waals surface area contributed by atoms with Gasteiger partial charge in [-0.05, 0) is 59.6 Å². The lowest BCUT2D eigenvalue weighted by molar-refractivity contribution is 0.0189. The molecule has 0 unspecified atom stereocenters. The van der Waals surface area contributed by atoms with E-state index in [1.807, 2.05) is 69.6 Å². The van der Waals surface area contributed by atoms with Crippen LogP contribution in [0.1, 0.15) is 53.5 Å². The van der Waals surface area contributed by atoms with Crippen LogP contribution in [0, 0.1) is 0 Å². The quantitative estimate of drug-likeness (QED) is 0.348. The number of carbonyl (C=O) groups excluding carboxylic acids is 1. The Hall–Kier alpha value is -3.86. The van der Waals surface area contributed by atoms with Crippen molar-refractivity contribution in [1.29, 1.82) is 0 Å². The molecule has 1 saturated heterocycles.